The summed E-state index contributed by atoms with van der Waals surface area (Å²) in [6.07, 6.45) is 3.26. The molecule has 0 spiro atoms. The number of nitrogens with one attached hydrogen (secondary N) is 2. The lowest BCUT2D eigenvalue weighted by molar-refractivity contribution is 0.197. The van der Waals surface area contributed by atoms with Gasteiger partial charge in [0, 0.05) is 25.8 Å². The van der Waals surface area contributed by atoms with Gasteiger partial charge in [-0.3, -0.25) is 0 Å². The van der Waals surface area contributed by atoms with Gasteiger partial charge in [0.1, 0.15) is 18.0 Å². The molecule has 0 saturated carbocycles. The van der Waals surface area contributed by atoms with Crippen molar-refractivity contribution in [2.75, 3.05) is 31.0 Å². The molecule has 0 fully saturated rings. The number of nitrogens with two attached hydrogens (primary N) is 1. The molecule has 1 rings (SSSR count). The van der Waals surface area contributed by atoms with Gasteiger partial charge in [-0.15, -0.1) is 0 Å². The number of hydrogen-bond acceptors (Lipinski definition) is 6. The fourth-order valence-corrected chi connectivity index (χ4v) is 1.45. The van der Waals surface area contributed by atoms with E-state index in [4.69, 9.17) is 10.6 Å². The average Bonchev–Trinajstić information content (AvgIpc) is 2.34. The zero-order chi connectivity index (χ0) is 11.8. The minimum atomic E-state index is 0.673. The summed E-state index contributed by atoms with van der Waals surface area (Å²) in [5.74, 6) is 6.89. The Morgan fingerprint density at radius 2 is 2.12 bits per heavy atom. The first-order valence-electron chi connectivity index (χ1n) is 5.36. The highest BCUT2D eigenvalue weighted by atomic mass is 16.5. The molecular weight excluding hydrogens is 206 g/mol. The molecule has 0 atom stereocenters. The van der Waals surface area contributed by atoms with E-state index in [2.05, 4.69) is 20.7 Å². The number of rotatable bonds is 7. The van der Waals surface area contributed by atoms with E-state index in [0.29, 0.717) is 5.82 Å². The van der Waals surface area contributed by atoms with Gasteiger partial charge in [-0.05, 0) is 12.8 Å². The van der Waals surface area contributed by atoms with Crippen LogP contribution in [-0.2, 0) is 11.2 Å². The van der Waals surface area contributed by atoms with Crippen molar-refractivity contribution in [2.45, 2.75) is 19.8 Å². The van der Waals surface area contributed by atoms with Crippen molar-refractivity contribution in [1.82, 2.24) is 9.97 Å². The summed E-state index contributed by atoms with van der Waals surface area (Å²) in [5.41, 5.74) is 3.57. The van der Waals surface area contributed by atoms with Crippen molar-refractivity contribution in [1.29, 1.82) is 0 Å². The standard InChI is InChI=1S/C10H19N5O/c1-3-8-9(12-5-4-6-16-2)13-7-14-10(8)15-11/h7H,3-6,11H2,1-2H3,(H2,12,13,14,15). The summed E-state index contributed by atoms with van der Waals surface area (Å²) in [6.45, 7) is 3.60. The Morgan fingerprint density at radius 3 is 2.75 bits per heavy atom. The molecule has 0 aliphatic carbocycles. The van der Waals surface area contributed by atoms with E-state index in [1.165, 1.54) is 6.33 Å². The molecule has 1 aromatic rings. The maximum atomic E-state index is 5.38. The van der Waals surface area contributed by atoms with Crippen LogP contribution in [0.25, 0.3) is 0 Å². The highest BCUT2D eigenvalue weighted by Crippen LogP contribution is 2.19. The highest BCUT2D eigenvalue weighted by molar-refractivity contribution is 5.56. The first-order chi connectivity index (χ1) is 7.83. The summed E-state index contributed by atoms with van der Waals surface area (Å²) in [4.78, 5) is 8.26. The fraction of sp³-hybridized carbons (Fsp3) is 0.600. The van der Waals surface area contributed by atoms with Crippen molar-refractivity contribution >= 4 is 11.6 Å². The molecule has 0 saturated heterocycles. The van der Waals surface area contributed by atoms with Gasteiger partial charge in [0.05, 0.1) is 0 Å². The van der Waals surface area contributed by atoms with Crippen LogP contribution < -0.4 is 16.6 Å². The van der Waals surface area contributed by atoms with Crippen LogP contribution >= 0.6 is 0 Å². The summed E-state index contributed by atoms with van der Waals surface area (Å²) in [5, 5.41) is 3.25. The minimum absolute atomic E-state index is 0.673. The quantitative estimate of drug-likeness (QED) is 0.361. The molecule has 0 aliphatic heterocycles. The number of anilines is 2. The molecule has 90 valence electrons. The third-order valence-corrected chi connectivity index (χ3v) is 2.25. The maximum Gasteiger partial charge on any atom is 0.148 e. The first kappa shape index (κ1) is 12.7. The van der Waals surface area contributed by atoms with Crippen LogP contribution in [0.3, 0.4) is 0 Å². The molecule has 6 nitrogen and oxygen atoms in total. The number of hydrogen-bond donors (Lipinski definition) is 3. The van der Waals surface area contributed by atoms with E-state index in [0.717, 1.165) is 37.4 Å². The lowest BCUT2D eigenvalue weighted by Crippen LogP contribution is -2.14. The number of methoxy groups -OCH3 is 1. The van der Waals surface area contributed by atoms with Gasteiger partial charge < -0.3 is 15.5 Å². The van der Waals surface area contributed by atoms with E-state index in [9.17, 15) is 0 Å². The van der Waals surface area contributed by atoms with E-state index < -0.39 is 0 Å². The third kappa shape index (κ3) is 3.32. The summed E-state index contributed by atoms with van der Waals surface area (Å²) >= 11 is 0. The topological polar surface area (TPSA) is 85.1 Å². The zero-order valence-electron chi connectivity index (χ0n) is 9.79. The molecule has 0 radical (unpaired) electrons. The average molecular weight is 225 g/mol. The van der Waals surface area contributed by atoms with Crippen LogP contribution in [0, 0.1) is 0 Å². The predicted molar refractivity (Wildman–Crippen MR) is 64.2 cm³/mol. The first-order valence-corrected chi connectivity index (χ1v) is 5.36. The third-order valence-electron chi connectivity index (χ3n) is 2.25. The molecule has 0 aliphatic rings. The molecule has 0 amide bonds. The second kappa shape index (κ2) is 6.97. The zero-order valence-corrected chi connectivity index (χ0v) is 9.79. The molecule has 4 N–H and O–H groups in total. The molecule has 1 aromatic heterocycles. The summed E-state index contributed by atoms with van der Waals surface area (Å²) < 4.78 is 4.98. The minimum Gasteiger partial charge on any atom is -0.385 e. The van der Waals surface area contributed by atoms with E-state index >= 15 is 0 Å². The highest BCUT2D eigenvalue weighted by Gasteiger charge is 2.07. The van der Waals surface area contributed by atoms with Crippen molar-refractivity contribution in [3.8, 4) is 0 Å². The number of aromatic nitrogens is 2. The van der Waals surface area contributed by atoms with Crippen LogP contribution in [0.5, 0.6) is 0 Å². The number of nitrogen functional groups attached to an aromatic ring is 1. The van der Waals surface area contributed by atoms with Gasteiger partial charge in [0.15, 0.2) is 0 Å². The van der Waals surface area contributed by atoms with Crippen molar-refractivity contribution in [3.63, 3.8) is 0 Å². The molecule has 16 heavy (non-hydrogen) atoms. The van der Waals surface area contributed by atoms with Gasteiger partial charge in [-0.25, -0.2) is 15.8 Å². The van der Waals surface area contributed by atoms with E-state index in [-0.39, 0.29) is 0 Å². The lowest BCUT2D eigenvalue weighted by atomic mass is 10.2. The summed E-state index contributed by atoms with van der Waals surface area (Å²) in [6, 6.07) is 0. The van der Waals surface area contributed by atoms with E-state index in [1.807, 2.05) is 6.92 Å². The Kier molecular flexibility index (Phi) is 5.52. The fourth-order valence-electron chi connectivity index (χ4n) is 1.45. The Morgan fingerprint density at radius 1 is 1.38 bits per heavy atom. The van der Waals surface area contributed by atoms with Crippen LogP contribution in [0.2, 0.25) is 0 Å². The number of nitrogens with zero attached hydrogens (tertiary/aromatic N) is 2. The summed E-state index contributed by atoms with van der Waals surface area (Å²) in [7, 11) is 1.69. The van der Waals surface area contributed by atoms with Crippen LogP contribution in [0.1, 0.15) is 18.9 Å². The molecule has 1 heterocycles. The lowest BCUT2D eigenvalue weighted by Gasteiger charge is -2.12. The number of ether oxygens (including phenoxy) is 1. The van der Waals surface area contributed by atoms with Crippen molar-refractivity contribution in [2.24, 2.45) is 5.84 Å². The SMILES string of the molecule is CCc1c(NN)ncnc1NCCCOC. The van der Waals surface area contributed by atoms with Crippen molar-refractivity contribution < 1.29 is 4.74 Å². The second-order valence-electron chi connectivity index (χ2n) is 3.32. The van der Waals surface area contributed by atoms with E-state index in [1.54, 1.807) is 7.11 Å². The van der Waals surface area contributed by atoms with Gasteiger partial charge in [0.2, 0.25) is 0 Å². The maximum absolute atomic E-state index is 5.38. The predicted octanol–water partition coefficient (Wildman–Crippen LogP) is 0.773. The normalized spacial score (nSPS) is 10.2. The number of hydrazine groups is 1. The van der Waals surface area contributed by atoms with Crippen LogP contribution in [0.4, 0.5) is 11.6 Å². The second-order valence-corrected chi connectivity index (χ2v) is 3.32. The van der Waals surface area contributed by atoms with Crippen molar-refractivity contribution in [3.05, 3.63) is 11.9 Å². The van der Waals surface area contributed by atoms with Crippen LogP contribution in [0.15, 0.2) is 6.33 Å². The van der Waals surface area contributed by atoms with Gasteiger partial charge in [-0.2, -0.15) is 0 Å². The Labute approximate surface area is 95.6 Å². The monoisotopic (exact) mass is 225 g/mol. The Hall–Kier alpha value is -1.40. The molecule has 0 aromatic carbocycles. The van der Waals surface area contributed by atoms with Gasteiger partial charge in [-0.1, -0.05) is 6.92 Å². The molecular formula is C10H19N5O. The smallest absolute Gasteiger partial charge is 0.148 e. The Bertz CT molecular complexity index is 318. The van der Waals surface area contributed by atoms with Crippen LogP contribution in [-0.4, -0.2) is 30.2 Å². The molecule has 0 unspecified atom stereocenters. The molecule has 0 bridgehead atoms. The Balaban J connectivity index is 2.63. The largest absolute Gasteiger partial charge is 0.385 e. The van der Waals surface area contributed by atoms with Gasteiger partial charge >= 0.3 is 0 Å². The van der Waals surface area contributed by atoms with Gasteiger partial charge in [0.25, 0.3) is 0 Å². The molecule has 6 heteroatoms.